The second kappa shape index (κ2) is 9.26. The van der Waals surface area contributed by atoms with Crippen LogP contribution in [0.2, 0.25) is 0 Å². The number of aromatic nitrogens is 2. The maximum Gasteiger partial charge on any atom is 0.280 e. The van der Waals surface area contributed by atoms with E-state index in [4.69, 9.17) is 4.74 Å². The zero-order valence-corrected chi connectivity index (χ0v) is 17.3. The van der Waals surface area contributed by atoms with Crippen molar-refractivity contribution in [2.45, 2.75) is 13.5 Å². The number of nitrogens with one attached hydrogen (secondary N) is 1. The SMILES string of the molecule is CC(=O)c1ccc(NC(=O)c2nn(-c3ccc(F)cc3)cc2OCc2ccccc2)cc1. The zero-order valence-electron chi connectivity index (χ0n) is 17.3. The fourth-order valence-corrected chi connectivity index (χ4v) is 3.06. The van der Waals surface area contributed by atoms with Crippen LogP contribution in [-0.2, 0) is 6.61 Å². The molecule has 1 heterocycles. The number of ether oxygens (including phenoxy) is 1. The molecule has 160 valence electrons. The van der Waals surface area contributed by atoms with Gasteiger partial charge in [-0.05, 0) is 61.0 Å². The predicted molar refractivity (Wildman–Crippen MR) is 119 cm³/mol. The van der Waals surface area contributed by atoms with Gasteiger partial charge in [0.05, 0.1) is 11.9 Å². The number of rotatable bonds is 7. The van der Waals surface area contributed by atoms with Crippen LogP contribution in [0.1, 0.15) is 33.3 Å². The maximum absolute atomic E-state index is 13.3. The van der Waals surface area contributed by atoms with Crippen LogP contribution in [0.3, 0.4) is 0 Å². The molecule has 4 aromatic rings. The molecular weight excluding hydrogens is 409 g/mol. The smallest absolute Gasteiger partial charge is 0.280 e. The number of Topliss-reactive ketones (excluding diaryl/α,β-unsaturated/α-hetero) is 1. The Hall–Kier alpha value is -4.26. The number of nitrogens with zero attached hydrogens (tertiary/aromatic N) is 2. The van der Waals surface area contributed by atoms with Gasteiger partial charge in [0, 0.05) is 11.3 Å². The first-order chi connectivity index (χ1) is 15.5. The molecule has 0 unspecified atom stereocenters. The van der Waals surface area contributed by atoms with Crippen LogP contribution in [0.25, 0.3) is 5.69 Å². The van der Waals surface area contributed by atoms with Crippen molar-refractivity contribution in [2.75, 3.05) is 5.32 Å². The third-order valence-corrected chi connectivity index (χ3v) is 4.77. The van der Waals surface area contributed by atoms with Crippen LogP contribution in [0.4, 0.5) is 10.1 Å². The van der Waals surface area contributed by atoms with Gasteiger partial charge in [0.2, 0.25) is 0 Å². The van der Waals surface area contributed by atoms with Crippen LogP contribution >= 0.6 is 0 Å². The molecule has 0 spiro atoms. The summed E-state index contributed by atoms with van der Waals surface area (Å²) < 4.78 is 20.7. The first-order valence-electron chi connectivity index (χ1n) is 9.94. The molecule has 3 aromatic carbocycles. The lowest BCUT2D eigenvalue weighted by Crippen LogP contribution is -2.14. The molecule has 0 saturated carbocycles. The van der Waals surface area contributed by atoms with Crippen LogP contribution in [0.15, 0.2) is 85.1 Å². The van der Waals surface area contributed by atoms with E-state index >= 15 is 0 Å². The summed E-state index contributed by atoms with van der Waals surface area (Å²) in [4.78, 5) is 24.4. The second-order valence-electron chi connectivity index (χ2n) is 7.12. The predicted octanol–water partition coefficient (Wildman–Crippen LogP) is 5.05. The number of anilines is 1. The fourth-order valence-electron chi connectivity index (χ4n) is 3.06. The topological polar surface area (TPSA) is 73.2 Å². The molecule has 0 atom stereocenters. The van der Waals surface area contributed by atoms with Gasteiger partial charge in [0.15, 0.2) is 17.2 Å². The summed E-state index contributed by atoms with van der Waals surface area (Å²) in [6, 6.07) is 21.9. The van der Waals surface area contributed by atoms with E-state index in [1.54, 1.807) is 42.6 Å². The maximum atomic E-state index is 13.3. The Morgan fingerprint density at radius 2 is 1.66 bits per heavy atom. The average molecular weight is 429 g/mol. The first-order valence-corrected chi connectivity index (χ1v) is 9.94. The number of carbonyl (C=O) groups excluding carboxylic acids is 2. The number of carbonyl (C=O) groups is 2. The molecule has 1 amide bonds. The van der Waals surface area contributed by atoms with Crippen molar-refractivity contribution in [1.82, 2.24) is 9.78 Å². The number of hydrogen-bond acceptors (Lipinski definition) is 4. The Labute approximate surface area is 184 Å². The zero-order chi connectivity index (χ0) is 22.5. The van der Waals surface area contributed by atoms with Crippen LogP contribution in [0, 0.1) is 5.82 Å². The summed E-state index contributed by atoms with van der Waals surface area (Å²) in [5.74, 6) is -0.605. The van der Waals surface area contributed by atoms with E-state index in [2.05, 4.69) is 10.4 Å². The minimum absolute atomic E-state index is 0.0579. The molecule has 1 N–H and O–H groups in total. The van der Waals surface area contributed by atoms with Gasteiger partial charge in [-0.1, -0.05) is 30.3 Å². The summed E-state index contributed by atoms with van der Waals surface area (Å²) in [5, 5.41) is 7.14. The van der Waals surface area contributed by atoms with E-state index < -0.39 is 5.91 Å². The van der Waals surface area contributed by atoms with Crippen molar-refractivity contribution in [1.29, 1.82) is 0 Å². The Kier molecular flexibility index (Phi) is 6.07. The van der Waals surface area contributed by atoms with Gasteiger partial charge in [-0.3, -0.25) is 9.59 Å². The van der Waals surface area contributed by atoms with Crippen LogP contribution < -0.4 is 10.1 Å². The highest BCUT2D eigenvalue weighted by atomic mass is 19.1. The van der Waals surface area contributed by atoms with Crippen molar-refractivity contribution < 1.29 is 18.7 Å². The summed E-state index contributed by atoms with van der Waals surface area (Å²) in [6.07, 6.45) is 1.59. The minimum Gasteiger partial charge on any atom is -0.485 e. The van der Waals surface area contributed by atoms with Gasteiger partial charge in [0.25, 0.3) is 5.91 Å². The van der Waals surface area contributed by atoms with Gasteiger partial charge in [-0.15, -0.1) is 0 Å². The minimum atomic E-state index is -0.468. The van der Waals surface area contributed by atoms with Crippen molar-refractivity contribution >= 4 is 17.4 Å². The second-order valence-corrected chi connectivity index (χ2v) is 7.12. The van der Waals surface area contributed by atoms with Gasteiger partial charge in [-0.25, -0.2) is 9.07 Å². The van der Waals surface area contributed by atoms with E-state index in [0.717, 1.165) is 5.56 Å². The lowest BCUT2D eigenvalue weighted by Gasteiger charge is -2.07. The number of amides is 1. The highest BCUT2D eigenvalue weighted by Crippen LogP contribution is 2.23. The molecular formula is C25H20FN3O3. The Balaban J connectivity index is 1.60. The molecule has 0 bridgehead atoms. The molecule has 0 fully saturated rings. The molecule has 0 saturated heterocycles. The monoisotopic (exact) mass is 429 g/mol. The van der Waals surface area contributed by atoms with Crippen molar-refractivity contribution in [3.8, 4) is 11.4 Å². The van der Waals surface area contributed by atoms with Gasteiger partial charge in [-0.2, -0.15) is 5.10 Å². The average Bonchev–Trinajstić information content (AvgIpc) is 3.24. The van der Waals surface area contributed by atoms with E-state index in [-0.39, 0.29) is 29.7 Å². The van der Waals surface area contributed by atoms with Gasteiger partial charge in [0.1, 0.15) is 12.4 Å². The molecule has 6 nitrogen and oxygen atoms in total. The lowest BCUT2D eigenvalue weighted by atomic mass is 10.1. The quantitative estimate of drug-likeness (QED) is 0.418. The van der Waals surface area contributed by atoms with Crippen molar-refractivity contribution in [2.24, 2.45) is 0 Å². The van der Waals surface area contributed by atoms with E-state index in [0.29, 0.717) is 16.9 Å². The van der Waals surface area contributed by atoms with Crippen LogP contribution in [0.5, 0.6) is 5.75 Å². The Morgan fingerprint density at radius 1 is 0.969 bits per heavy atom. The van der Waals surface area contributed by atoms with Gasteiger partial charge < -0.3 is 10.1 Å². The third-order valence-electron chi connectivity index (χ3n) is 4.77. The Bertz CT molecular complexity index is 1230. The highest BCUT2D eigenvalue weighted by Gasteiger charge is 2.20. The number of benzene rings is 3. The molecule has 0 aliphatic rings. The summed E-state index contributed by atoms with van der Waals surface area (Å²) in [6.45, 7) is 1.73. The summed E-state index contributed by atoms with van der Waals surface area (Å²) in [7, 11) is 0. The molecule has 1 aromatic heterocycles. The third kappa shape index (κ3) is 4.89. The molecule has 0 aliphatic heterocycles. The fraction of sp³-hybridized carbons (Fsp3) is 0.0800. The molecule has 4 rings (SSSR count). The molecule has 0 radical (unpaired) electrons. The van der Waals surface area contributed by atoms with Crippen LogP contribution in [-0.4, -0.2) is 21.5 Å². The van der Waals surface area contributed by atoms with E-state index in [9.17, 15) is 14.0 Å². The van der Waals surface area contributed by atoms with Crippen molar-refractivity contribution in [3.05, 3.63) is 108 Å². The molecule has 0 aliphatic carbocycles. The highest BCUT2D eigenvalue weighted by molar-refractivity contribution is 6.05. The number of ketones is 1. The standard InChI is InChI=1S/C25H20FN3O3/c1-17(30)19-7-11-21(12-8-19)27-25(31)24-23(32-16-18-5-3-2-4-6-18)15-29(28-24)22-13-9-20(26)10-14-22/h2-15H,16H2,1H3,(H,27,31). The van der Waals surface area contributed by atoms with Gasteiger partial charge >= 0.3 is 0 Å². The van der Waals surface area contributed by atoms with E-state index in [1.165, 1.54) is 23.7 Å². The lowest BCUT2D eigenvalue weighted by molar-refractivity contribution is 0.101. The Morgan fingerprint density at radius 3 is 2.31 bits per heavy atom. The van der Waals surface area contributed by atoms with Crippen molar-refractivity contribution in [3.63, 3.8) is 0 Å². The largest absolute Gasteiger partial charge is 0.485 e. The normalized spacial score (nSPS) is 10.6. The summed E-state index contributed by atoms with van der Waals surface area (Å²) >= 11 is 0. The number of hydrogen-bond donors (Lipinski definition) is 1. The summed E-state index contributed by atoms with van der Waals surface area (Å²) in [5.41, 5.74) is 2.68. The molecule has 32 heavy (non-hydrogen) atoms. The molecule has 7 heteroatoms. The van der Waals surface area contributed by atoms with E-state index in [1.807, 2.05) is 30.3 Å². The number of halogens is 1. The first kappa shape index (κ1) is 21.0.